The molecule has 2 fully saturated rings. The van der Waals surface area contributed by atoms with Gasteiger partial charge >= 0.3 is 0 Å². The van der Waals surface area contributed by atoms with Crippen LogP contribution in [0, 0.1) is 11.3 Å². The first kappa shape index (κ1) is 14.2. The average molecular weight is 270 g/mol. The Morgan fingerprint density at radius 2 is 2.22 bits per heavy atom. The van der Waals surface area contributed by atoms with Crippen molar-refractivity contribution in [3.63, 3.8) is 0 Å². The first-order valence-corrected chi connectivity index (χ1v) is 8.21. The largest absolute Gasteiger partial charge is 0.342 e. The Morgan fingerprint density at radius 1 is 1.44 bits per heavy atom. The highest BCUT2D eigenvalue weighted by atomic mass is 32.2. The molecule has 0 radical (unpaired) electrons. The average Bonchev–Trinajstić information content (AvgIpc) is 2.79. The lowest BCUT2D eigenvalue weighted by Crippen LogP contribution is -2.42. The molecular formula is C14H26N2OS. The van der Waals surface area contributed by atoms with Crippen molar-refractivity contribution < 1.29 is 4.79 Å². The fourth-order valence-corrected chi connectivity index (χ4v) is 3.73. The number of thioether (sulfide) groups is 1. The molecule has 0 aromatic rings. The molecule has 18 heavy (non-hydrogen) atoms. The van der Waals surface area contributed by atoms with Gasteiger partial charge in [0.2, 0.25) is 5.91 Å². The van der Waals surface area contributed by atoms with Crippen molar-refractivity contribution in [1.29, 1.82) is 0 Å². The number of rotatable bonds is 2. The number of nitrogens with zero attached hydrogens (tertiary/aromatic N) is 1. The van der Waals surface area contributed by atoms with Crippen molar-refractivity contribution in [2.45, 2.75) is 39.7 Å². The maximum absolute atomic E-state index is 12.3. The second-order valence-corrected chi connectivity index (χ2v) is 7.77. The third-order valence-corrected chi connectivity index (χ3v) is 5.32. The standard InChI is InChI=1S/C14H26N2OS/c1-14(2,3)11-4-6-16(9-11)13(17)8-12-10-18-7-5-15-12/h11-12,15H,4-10H2,1-3H3. The van der Waals surface area contributed by atoms with Crippen LogP contribution < -0.4 is 5.32 Å². The molecule has 4 heteroatoms. The number of carbonyl (C=O) groups excluding carboxylic acids is 1. The summed E-state index contributed by atoms with van der Waals surface area (Å²) in [6.07, 6.45) is 1.85. The lowest BCUT2D eigenvalue weighted by atomic mass is 9.80. The lowest BCUT2D eigenvalue weighted by Gasteiger charge is -2.28. The van der Waals surface area contributed by atoms with Gasteiger partial charge in [-0.15, -0.1) is 0 Å². The number of nitrogens with one attached hydrogen (secondary N) is 1. The molecule has 1 N–H and O–H groups in total. The molecule has 2 rings (SSSR count). The quantitative estimate of drug-likeness (QED) is 0.833. The van der Waals surface area contributed by atoms with Crippen molar-refractivity contribution in [3.05, 3.63) is 0 Å². The van der Waals surface area contributed by atoms with Gasteiger partial charge in [0.15, 0.2) is 0 Å². The zero-order valence-electron chi connectivity index (χ0n) is 11.9. The Balaban J connectivity index is 1.80. The van der Waals surface area contributed by atoms with Crippen molar-refractivity contribution in [2.75, 3.05) is 31.1 Å². The van der Waals surface area contributed by atoms with Crippen LogP contribution in [0.25, 0.3) is 0 Å². The van der Waals surface area contributed by atoms with Gasteiger partial charge in [-0.25, -0.2) is 0 Å². The van der Waals surface area contributed by atoms with Crippen LogP contribution in [-0.2, 0) is 4.79 Å². The molecule has 104 valence electrons. The SMILES string of the molecule is CC(C)(C)C1CCN(C(=O)CC2CSCCN2)C1. The maximum Gasteiger partial charge on any atom is 0.224 e. The molecule has 2 saturated heterocycles. The lowest BCUT2D eigenvalue weighted by molar-refractivity contribution is -0.130. The van der Waals surface area contributed by atoms with E-state index in [9.17, 15) is 4.79 Å². The summed E-state index contributed by atoms with van der Waals surface area (Å²) >= 11 is 1.96. The highest BCUT2D eigenvalue weighted by Crippen LogP contribution is 2.33. The third kappa shape index (κ3) is 3.64. The zero-order chi connectivity index (χ0) is 13.2. The molecule has 1 amide bonds. The van der Waals surface area contributed by atoms with Crippen LogP contribution in [0.15, 0.2) is 0 Å². The Kier molecular flexibility index (Phi) is 4.59. The van der Waals surface area contributed by atoms with Crippen LogP contribution in [0.5, 0.6) is 0 Å². The second-order valence-electron chi connectivity index (χ2n) is 6.62. The first-order chi connectivity index (χ1) is 8.47. The molecule has 0 spiro atoms. The van der Waals surface area contributed by atoms with Gasteiger partial charge in [0.1, 0.15) is 0 Å². The summed E-state index contributed by atoms with van der Waals surface area (Å²) in [6, 6.07) is 0.393. The molecule has 2 unspecified atom stereocenters. The summed E-state index contributed by atoms with van der Waals surface area (Å²) in [5.41, 5.74) is 0.327. The summed E-state index contributed by atoms with van der Waals surface area (Å²) in [7, 11) is 0. The van der Waals surface area contributed by atoms with Gasteiger partial charge < -0.3 is 10.2 Å². The highest BCUT2D eigenvalue weighted by Gasteiger charge is 2.34. The number of amides is 1. The van der Waals surface area contributed by atoms with E-state index >= 15 is 0 Å². The van der Waals surface area contributed by atoms with Crippen LogP contribution in [0.2, 0.25) is 0 Å². The van der Waals surface area contributed by atoms with Gasteiger partial charge in [0.05, 0.1) is 0 Å². The molecule has 0 aromatic carbocycles. The molecule has 0 aliphatic carbocycles. The van der Waals surface area contributed by atoms with E-state index in [4.69, 9.17) is 0 Å². The Labute approximate surface area is 115 Å². The van der Waals surface area contributed by atoms with Gasteiger partial charge in [-0.1, -0.05) is 20.8 Å². The van der Waals surface area contributed by atoms with Gasteiger partial charge in [-0.05, 0) is 17.8 Å². The highest BCUT2D eigenvalue weighted by molar-refractivity contribution is 7.99. The molecule has 0 bridgehead atoms. The van der Waals surface area contributed by atoms with E-state index in [1.165, 1.54) is 12.2 Å². The van der Waals surface area contributed by atoms with E-state index < -0.39 is 0 Å². The smallest absolute Gasteiger partial charge is 0.224 e. The van der Waals surface area contributed by atoms with Crippen molar-refractivity contribution in [1.82, 2.24) is 10.2 Å². The predicted octanol–water partition coefficient (Wildman–Crippen LogP) is 1.98. The predicted molar refractivity (Wildman–Crippen MR) is 77.9 cm³/mol. The van der Waals surface area contributed by atoms with Gasteiger partial charge in [-0.3, -0.25) is 4.79 Å². The van der Waals surface area contributed by atoms with Crippen molar-refractivity contribution in [3.8, 4) is 0 Å². The monoisotopic (exact) mass is 270 g/mol. The van der Waals surface area contributed by atoms with E-state index in [0.717, 1.165) is 25.4 Å². The van der Waals surface area contributed by atoms with E-state index in [1.54, 1.807) is 0 Å². The molecular weight excluding hydrogens is 244 g/mol. The third-order valence-electron chi connectivity index (χ3n) is 4.19. The molecule has 2 atom stereocenters. The Bertz CT molecular complexity index is 295. The minimum atomic E-state index is 0.327. The van der Waals surface area contributed by atoms with Crippen LogP contribution >= 0.6 is 11.8 Å². The molecule has 2 heterocycles. The number of carbonyl (C=O) groups is 1. The summed E-state index contributed by atoms with van der Waals surface area (Å²) < 4.78 is 0. The van der Waals surface area contributed by atoms with E-state index in [2.05, 4.69) is 31.0 Å². The summed E-state index contributed by atoms with van der Waals surface area (Å²) in [5, 5.41) is 3.45. The molecule has 2 aliphatic rings. The zero-order valence-corrected chi connectivity index (χ0v) is 12.7. The summed E-state index contributed by atoms with van der Waals surface area (Å²) in [5.74, 6) is 3.28. The van der Waals surface area contributed by atoms with Gasteiger partial charge in [-0.2, -0.15) is 11.8 Å². The Morgan fingerprint density at radius 3 is 2.78 bits per heavy atom. The number of likely N-dealkylation sites (tertiary alicyclic amines) is 1. The summed E-state index contributed by atoms with van der Waals surface area (Å²) in [6.45, 7) is 9.82. The maximum atomic E-state index is 12.3. The van der Waals surface area contributed by atoms with E-state index in [0.29, 0.717) is 29.7 Å². The van der Waals surface area contributed by atoms with Crippen molar-refractivity contribution >= 4 is 17.7 Å². The fourth-order valence-electron chi connectivity index (χ4n) is 2.78. The number of hydrogen-bond donors (Lipinski definition) is 1. The minimum Gasteiger partial charge on any atom is -0.342 e. The van der Waals surface area contributed by atoms with Crippen LogP contribution in [0.4, 0.5) is 0 Å². The van der Waals surface area contributed by atoms with E-state index in [-0.39, 0.29) is 0 Å². The van der Waals surface area contributed by atoms with Crippen LogP contribution in [0.3, 0.4) is 0 Å². The molecule has 0 saturated carbocycles. The van der Waals surface area contributed by atoms with Crippen LogP contribution in [0.1, 0.15) is 33.6 Å². The molecule has 3 nitrogen and oxygen atoms in total. The molecule has 2 aliphatic heterocycles. The molecule has 0 aromatic heterocycles. The Hall–Kier alpha value is -0.220. The van der Waals surface area contributed by atoms with E-state index in [1.807, 2.05) is 11.8 Å². The second kappa shape index (κ2) is 5.83. The first-order valence-electron chi connectivity index (χ1n) is 7.05. The van der Waals surface area contributed by atoms with Gasteiger partial charge in [0.25, 0.3) is 0 Å². The minimum absolute atomic E-state index is 0.327. The van der Waals surface area contributed by atoms with Crippen LogP contribution in [-0.4, -0.2) is 48.0 Å². The normalized spacial score (nSPS) is 29.6. The fraction of sp³-hybridized carbons (Fsp3) is 0.929. The topological polar surface area (TPSA) is 32.3 Å². The summed E-state index contributed by atoms with van der Waals surface area (Å²) in [4.78, 5) is 14.3. The van der Waals surface area contributed by atoms with Crippen molar-refractivity contribution in [2.24, 2.45) is 11.3 Å². The van der Waals surface area contributed by atoms with Gasteiger partial charge in [0, 0.05) is 43.6 Å². The number of hydrogen-bond acceptors (Lipinski definition) is 3.